The van der Waals surface area contributed by atoms with Crippen molar-refractivity contribution in [3.05, 3.63) is 29.8 Å². The van der Waals surface area contributed by atoms with Crippen LogP contribution in [0.3, 0.4) is 0 Å². The minimum Gasteiger partial charge on any atom is -0.508 e. The van der Waals surface area contributed by atoms with Crippen LogP contribution in [0.15, 0.2) is 24.3 Å². The van der Waals surface area contributed by atoms with Gasteiger partial charge in [0, 0.05) is 12.1 Å². The quantitative estimate of drug-likeness (QED) is 0.760. The summed E-state index contributed by atoms with van der Waals surface area (Å²) >= 11 is 0. The zero-order chi connectivity index (χ0) is 18.6. The molecule has 1 heterocycles. The Hall–Kier alpha value is -2.09. The van der Waals surface area contributed by atoms with Gasteiger partial charge < -0.3 is 14.7 Å². The summed E-state index contributed by atoms with van der Waals surface area (Å²) in [6.07, 6.45) is 1.07. The molecule has 1 aromatic rings. The second-order valence-electron chi connectivity index (χ2n) is 6.24. The van der Waals surface area contributed by atoms with Crippen molar-refractivity contribution in [3.63, 3.8) is 0 Å². The monoisotopic (exact) mass is 369 g/mol. The van der Waals surface area contributed by atoms with Gasteiger partial charge in [-0.3, -0.25) is 4.79 Å². The van der Waals surface area contributed by atoms with Crippen LogP contribution in [-0.4, -0.2) is 60.5 Å². The lowest BCUT2D eigenvalue weighted by Gasteiger charge is -2.33. The van der Waals surface area contributed by atoms with Crippen LogP contribution in [0, 0.1) is 0 Å². The smallest absolute Gasteiger partial charge is 0.338 e. The van der Waals surface area contributed by atoms with E-state index in [1.165, 1.54) is 29.2 Å². The summed E-state index contributed by atoms with van der Waals surface area (Å²) in [5, 5.41) is 9.39. The fourth-order valence-electron chi connectivity index (χ4n) is 2.92. The number of hydrogen-bond acceptors (Lipinski definition) is 6. The van der Waals surface area contributed by atoms with E-state index < -0.39 is 28.3 Å². The Morgan fingerprint density at radius 3 is 2.68 bits per heavy atom. The largest absolute Gasteiger partial charge is 0.508 e. The molecule has 1 fully saturated rings. The average molecular weight is 369 g/mol. The second kappa shape index (κ2) is 7.86. The minimum absolute atomic E-state index is 0.0520. The number of phenols is 1. The maximum atomic E-state index is 12.5. The van der Waals surface area contributed by atoms with Gasteiger partial charge in [-0.05, 0) is 38.0 Å². The SMILES string of the molecule is CC[C@@H](C)N(C(=O)COC(=O)c1cccc(O)c1)[C@H]1CCS(=O)(=O)C1. The number of carbonyl (C=O) groups is 2. The van der Waals surface area contributed by atoms with E-state index in [9.17, 15) is 23.1 Å². The number of benzene rings is 1. The Labute approximate surface area is 147 Å². The Kier molecular flexibility index (Phi) is 6.05. The highest BCUT2D eigenvalue weighted by molar-refractivity contribution is 7.91. The third-order valence-corrected chi connectivity index (χ3v) is 6.11. The number of ether oxygens (including phenoxy) is 1. The van der Waals surface area contributed by atoms with Crippen LogP contribution < -0.4 is 0 Å². The lowest BCUT2D eigenvalue weighted by atomic mass is 10.1. The van der Waals surface area contributed by atoms with Gasteiger partial charge in [0.1, 0.15) is 5.75 Å². The molecule has 2 atom stereocenters. The Morgan fingerprint density at radius 1 is 1.40 bits per heavy atom. The number of phenolic OH excluding ortho intramolecular Hbond substituents is 1. The van der Waals surface area contributed by atoms with Gasteiger partial charge >= 0.3 is 5.97 Å². The molecule has 1 N–H and O–H groups in total. The summed E-state index contributed by atoms with van der Waals surface area (Å²) in [6.45, 7) is 3.29. The van der Waals surface area contributed by atoms with Crippen molar-refractivity contribution < 1.29 is 27.9 Å². The molecule has 1 amide bonds. The van der Waals surface area contributed by atoms with Gasteiger partial charge in [-0.2, -0.15) is 0 Å². The van der Waals surface area contributed by atoms with Gasteiger partial charge in [-0.1, -0.05) is 13.0 Å². The van der Waals surface area contributed by atoms with E-state index in [-0.39, 0.29) is 34.9 Å². The normalized spacial score (nSPS) is 20.0. The number of amides is 1. The number of sulfone groups is 1. The molecule has 0 bridgehead atoms. The molecule has 0 unspecified atom stereocenters. The number of carbonyl (C=O) groups excluding carboxylic acids is 2. The number of aromatic hydroxyl groups is 1. The Bertz CT molecular complexity index is 745. The zero-order valence-electron chi connectivity index (χ0n) is 14.3. The first kappa shape index (κ1) is 19.2. The first-order chi connectivity index (χ1) is 11.7. The summed E-state index contributed by atoms with van der Waals surface area (Å²) in [4.78, 5) is 26.1. The third-order valence-electron chi connectivity index (χ3n) is 4.36. The fourth-order valence-corrected chi connectivity index (χ4v) is 4.63. The highest BCUT2D eigenvalue weighted by Crippen LogP contribution is 2.21. The first-order valence-electron chi connectivity index (χ1n) is 8.21. The van der Waals surface area contributed by atoms with E-state index in [1.807, 2.05) is 13.8 Å². The first-order valence-corrected chi connectivity index (χ1v) is 10.0. The van der Waals surface area contributed by atoms with Gasteiger partial charge in [0.2, 0.25) is 0 Å². The maximum absolute atomic E-state index is 12.5. The molecule has 2 rings (SSSR count). The molecular formula is C17H23NO6S. The van der Waals surface area contributed by atoms with Crippen molar-refractivity contribution in [2.75, 3.05) is 18.1 Å². The second-order valence-corrected chi connectivity index (χ2v) is 8.47. The van der Waals surface area contributed by atoms with E-state index in [1.54, 1.807) is 0 Å². The van der Waals surface area contributed by atoms with Crippen LogP contribution in [0.2, 0.25) is 0 Å². The zero-order valence-corrected chi connectivity index (χ0v) is 15.2. The topological polar surface area (TPSA) is 101 Å². The van der Waals surface area contributed by atoms with Crippen LogP contribution in [0.1, 0.15) is 37.0 Å². The molecule has 7 nitrogen and oxygen atoms in total. The molecule has 0 saturated carbocycles. The van der Waals surface area contributed by atoms with Gasteiger partial charge in [0.15, 0.2) is 16.4 Å². The predicted octanol–water partition coefficient (Wildman–Crippen LogP) is 1.36. The van der Waals surface area contributed by atoms with E-state index in [0.29, 0.717) is 12.8 Å². The van der Waals surface area contributed by atoms with Gasteiger partial charge in [0.25, 0.3) is 5.91 Å². The van der Waals surface area contributed by atoms with Crippen LogP contribution in [0.25, 0.3) is 0 Å². The van der Waals surface area contributed by atoms with E-state index in [2.05, 4.69) is 0 Å². The van der Waals surface area contributed by atoms with Crippen LogP contribution in [0.4, 0.5) is 0 Å². The molecule has 1 saturated heterocycles. The predicted molar refractivity (Wildman–Crippen MR) is 92.0 cm³/mol. The van der Waals surface area contributed by atoms with Gasteiger partial charge in [-0.15, -0.1) is 0 Å². The molecule has 1 aliphatic rings. The molecule has 25 heavy (non-hydrogen) atoms. The van der Waals surface area contributed by atoms with Gasteiger partial charge in [-0.25, -0.2) is 13.2 Å². The summed E-state index contributed by atoms with van der Waals surface area (Å²) in [5.41, 5.74) is 0.145. The molecule has 8 heteroatoms. The summed E-state index contributed by atoms with van der Waals surface area (Å²) in [5.74, 6) is -1.18. The molecule has 1 aromatic carbocycles. The Morgan fingerprint density at radius 2 is 2.12 bits per heavy atom. The summed E-state index contributed by atoms with van der Waals surface area (Å²) in [6, 6.07) is 5.12. The van der Waals surface area contributed by atoms with Crippen molar-refractivity contribution in [1.29, 1.82) is 0 Å². The summed E-state index contributed by atoms with van der Waals surface area (Å²) in [7, 11) is -3.12. The highest BCUT2D eigenvalue weighted by atomic mass is 32.2. The molecule has 0 radical (unpaired) electrons. The van der Waals surface area contributed by atoms with Crippen LogP contribution in [0.5, 0.6) is 5.75 Å². The van der Waals surface area contributed by atoms with Gasteiger partial charge in [0.05, 0.1) is 17.1 Å². The minimum atomic E-state index is -3.12. The van der Waals surface area contributed by atoms with Crippen molar-refractivity contribution in [1.82, 2.24) is 4.90 Å². The number of nitrogens with zero attached hydrogens (tertiary/aromatic N) is 1. The molecule has 0 spiro atoms. The number of hydrogen-bond donors (Lipinski definition) is 1. The van der Waals surface area contributed by atoms with Crippen molar-refractivity contribution in [3.8, 4) is 5.75 Å². The molecular weight excluding hydrogens is 346 g/mol. The Balaban J connectivity index is 2.03. The standard InChI is InChI=1S/C17H23NO6S/c1-3-12(2)18(14-7-8-25(22,23)11-14)16(20)10-24-17(21)13-5-4-6-15(19)9-13/h4-6,9,12,14,19H,3,7-8,10-11H2,1-2H3/t12-,14+/m1/s1. The molecule has 0 aromatic heterocycles. The van der Waals surface area contributed by atoms with Crippen molar-refractivity contribution in [2.45, 2.75) is 38.8 Å². The summed E-state index contributed by atoms with van der Waals surface area (Å²) < 4.78 is 28.5. The lowest BCUT2D eigenvalue weighted by molar-refractivity contribution is -0.138. The maximum Gasteiger partial charge on any atom is 0.338 e. The molecule has 138 valence electrons. The highest BCUT2D eigenvalue weighted by Gasteiger charge is 2.36. The molecule has 0 aliphatic carbocycles. The van der Waals surface area contributed by atoms with Crippen LogP contribution >= 0.6 is 0 Å². The fraction of sp³-hybridized carbons (Fsp3) is 0.529. The van der Waals surface area contributed by atoms with Crippen molar-refractivity contribution >= 4 is 21.7 Å². The van der Waals surface area contributed by atoms with E-state index >= 15 is 0 Å². The lowest BCUT2D eigenvalue weighted by Crippen LogP contribution is -2.48. The van der Waals surface area contributed by atoms with Crippen LogP contribution in [-0.2, 0) is 19.4 Å². The van der Waals surface area contributed by atoms with E-state index in [4.69, 9.17) is 4.74 Å². The number of esters is 1. The van der Waals surface area contributed by atoms with E-state index in [0.717, 1.165) is 0 Å². The number of rotatable bonds is 6. The van der Waals surface area contributed by atoms with Crippen molar-refractivity contribution in [2.24, 2.45) is 0 Å². The third kappa shape index (κ3) is 4.94. The average Bonchev–Trinajstić information content (AvgIpc) is 2.92. The molecule has 1 aliphatic heterocycles.